The molecular formula is C26H29FN4O3. The highest BCUT2D eigenvalue weighted by atomic mass is 19.1. The third-order valence-corrected chi connectivity index (χ3v) is 6.18. The average molecular weight is 465 g/mol. The molecule has 0 saturated heterocycles. The van der Waals surface area contributed by atoms with Crippen LogP contribution in [-0.2, 0) is 17.7 Å². The van der Waals surface area contributed by atoms with Gasteiger partial charge in [-0.2, -0.15) is 0 Å². The fourth-order valence-corrected chi connectivity index (χ4v) is 4.31. The monoisotopic (exact) mass is 464 g/mol. The number of Topliss-reactive ketones (excluding diaryl/α,β-unsaturated/α-hetero) is 1. The molecule has 4 rings (SSSR count). The Morgan fingerprint density at radius 3 is 2.82 bits per heavy atom. The van der Waals surface area contributed by atoms with Crippen LogP contribution in [0.5, 0.6) is 5.75 Å². The number of benzene rings is 2. The number of carbonyl (C=O) groups is 1. The summed E-state index contributed by atoms with van der Waals surface area (Å²) in [6, 6.07) is 10.1. The Hall–Kier alpha value is -3.65. The van der Waals surface area contributed by atoms with E-state index in [2.05, 4.69) is 4.90 Å². The van der Waals surface area contributed by atoms with Crippen molar-refractivity contribution in [2.24, 2.45) is 11.7 Å². The Labute approximate surface area is 198 Å². The quantitative estimate of drug-likeness (QED) is 0.301. The Morgan fingerprint density at radius 2 is 2.12 bits per heavy atom. The maximum Gasteiger partial charge on any atom is 0.193 e. The number of carbonyl (C=O) groups excluding carboxylic acids is 1. The Balaban J connectivity index is 1.75. The number of ether oxygens (including phenoxy) is 2. The summed E-state index contributed by atoms with van der Waals surface area (Å²) >= 11 is 0. The van der Waals surface area contributed by atoms with Gasteiger partial charge in [0.15, 0.2) is 11.7 Å². The van der Waals surface area contributed by atoms with Gasteiger partial charge in [0.05, 0.1) is 25.2 Å². The molecular weight excluding hydrogens is 435 g/mol. The lowest BCUT2D eigenvalue weighted by molar-refractivity contribution is 0.0856. The molecule has 3 aromatic rings. The molecule has 178 valence electrons. The summed E-state index contributed by atoms with van der Waals surface area (Å²) in [6.07, 6.45) is 3.48. The first-order valence-electron chi connectivity index (χ1n) is 11.1. The maximum atomic E-state index is 13.7. The largest absolute Gasteiger partial charge is 0.493 e. The van der Waals surface area contributed by atoms with Crippen molar-refractivity contribution in [3.05, 3.63) is 71.0 Å². The zero-order chi connectivity index (χ0) is 24.4. The van der Waals surface area contributed by atoms with Crippen LogP contribution >= 0.6 is 0 Å². The van der Waals surface area contributed by atoms with Crippen molar-refractivity contribution in [1.82, 2.24) is 9.47 Å². The molecule has 0 aliphatic carbocycles. The number of hydrogen-bond acceptors (Lipinski definition) is 6. The molecule has 1 aromatic heterocycles. The van der Waals surface area contributed by atoms with Gasteiger partial charge in [0.2, 0.25) is 0 Å². The van der Waals surface area contributed by atoms with Gasteiger partial charge in [0.1, 0.15) is 11.6 Å². The number of methoxy groups -OCH3 is 1. The molecule has 1 unspecified atom stereocenters. The fraction of sp³-hybridized carbons (Fsp3) is 0.308. The number of hydrogen-bond donors (Lipinski definition) is 2. The van der Waals surface area contributed by atoms with Crippen molar-refractivity contribution in [2.45, 2.75) is 13.0 Å². The Morgan fingerprint density at radius 1 is 1.32 bits per heavy atom. The third kappa shape index (κ3) is 4.54. The van der Waals surface area contributed by atoms with Crippen LogP contribution in [0.2, 0.25) is 0 Å². The number of rotatable bonds is 8. The summed E-state index contributed by atoms with van der Waals surface area (Å²) < 4.78 is 26.7. The molecule has 2 heterocycles. The first kappa shape index (κ1) is 23.5. The molecule has 34 heavy (non-hydrogen) atoms. The van der Waals surface area contributed by atoms with Gasteiger partial charge in [0, 0.05) is 42.0 Å². The van der Waals surface area contributed by atoms with Crippen LogP contribution in [0, 0.1) is 17.1 Å². The van der Waals surface area contributed by atoms with E-state index in [0.717, 1.165) is 29.2 Å². The lowest BCUT2D eigenvalue weighted by Gasteiger charge is -2.24. The van der Waals surface area contributed by atoms with Gasteiger partial charge in [0.25, 0.3) is 0 Å². The zero-order valence-electron chi connectivity index (χ0n) is 19.6. The minimum atomic E-state index is -0.400. The zero-order valence-corrected chi connectivity index (χ0v) is 19.6. The van der Waals surface area contributed by atoms with Crippen molar-refractivity contribution >= 4 is 28.5 Å². The third-order valence-electron chi connectivity index (χ3n) is 6.18. The van der Waals surface area contributed by atoms with Crippen LogP contribution in [0.25, 0.3) is 16.5 Å². The molecule has 0 radical (unpaired) electrons. The molecule has 7 nitrogen and oxygen atoms in total. The highest BCUT2D eigenvalue weighted by Crippen LogP contribution is 2.32. The number of aromatic nitrogens is 1. The first-order chi connectivity index (χ1) is 16.3. The van der Waals surface area contributed by atoms with Crippen molar-refractivity contribution in [1.29, 1.82) is 5.41 Å². The lowest BCUT2D eigenvalue weighted by atomic mass is 9.89. The highest BCUT2D eigenvalue weighted by Gasteiger charge is 2.29. The first-order valence-corrected chi connectivity index (χ1v) is 11.1. The predicted molar refractivity (Wildman–Crippen MR) is 131 cm³/mol. The molecule has 2 aromatic carbocycles. The van der Waals surface area contributed by atoms with Crippen molar-refractivity contribution in [3.63, 3.8) is 0 Å². The molecule has 0 spiro atoms. The number of nitrogens with one attached hydrogen (secondary N) is 1. The molecule has 8 heteroatoms. The fourth-order valence-electron chi connectivity index (χ4n) is 4.31. The van der Waals surface area contributed by atoms with E-state index in [-0.39, 0.29) is 24.1 Å². The van der Waals surface area contributed by atoms with Gasteiger partial charge in [-0.25, -0.2) is 4.39 Å². The highest BCUT2D eigenvalue weighted by molar-refractivity contribution is 6.12. The van der Waals surface area contributed by atoms with E-state index in [9.17, 15) is 9.18 Å². The number of fused-ring (bicyclic) bond motifs is 2. The summed E-state index contributed by atoms with van der Waals surface area (Å²) in [4.78, 5) is 15.7. The molecule has 0 saturated carbocycles. The molecule has 1 atom stereocenters. The summed E-state index contributed by atoms with van der Waals surface area (Å²) in [5.74, 6) is 0.0136. The minimum Gasteiger partial charge on any atom is -0.493 e. The number of nitrogens with two attached hydrogens (primary N) is 1. The summed E-state index contributed by atoms with van der Waals surface area (Å²) in [6.45, 7) is 1.72. The van der Waals surface area contributed by atoms with Gasteiger partial charge < -0.3 is 30.1 Å². The predicted octanol–water partition coefficient (Wildman–Crippen LogP) is 3.70. The van der Waals surface area contributed by atoms with E-state index in [1.165, 1.54) is 19.2 Å². The van der Waals surface area contributed by atoms with E-state index in [0.29, 0.717) is 35.4 Å². The molecule has 0 bridgehead atoms. The van der Waals surface area contributed by atoms with Crippen LogP contribution in [-0.4, -0.2) is 55.8 Å². The van der Waals surface area contributed by atoms with Crippen molar-refractivity contribution in [2.75, 3.05) is 34.4 Å². The Kier molecular flexibility index (Phi) is 6.70. The van der Waals surface area contributed by atoms with E-state index >= 15 is 0 Å². The number of halogens is 1. The standard InChI is InChI=1S/C26H29FN4O3/c1-30(2)8-9-31-14-22(20-6-4-16(12-23(20)31)21(13-28)26(29)33-3)25(32)18-10-17-11-19(27)5-7-24(17)34-15-18/h4-7,11-14,18,28H,8-10,15,29H2,1-3H3/b26-21-,28-13?. The molecule has 1 aliphatic rings. The average Bonchev–Trinajstić information content (AvgIpc) is 3.20. The van der Waals surface area contributed by atoms with Gasteiger partial charge in [-0.05, 0) is 55.9 Å². The van der Waals surface area contributed by atoms with Crippen LogP contribution < -0.4 is 10.5 Å². The van der Waals surface area contributed by atoms with E-state index in [4.69, 9.17) is 20.6 Å². The number of allylic oxidation sites excluding steroid dienone is 1. The Bertz CT molecular complexity index is 1280. The second-order valence-electron chi connectivity index (χ2n) is 8.73. The number of likely N-dealkylation sites (N-methyl/N-ethyl adjacent to an activating group) is 1. The van der Waals surface area contributed by atoms with Crippen LogP contribution in [0.3, 0.4) is 0 Å². The second kappa shape index (κ2) is 9.69. The SMILES string of the molecule is CO/C(N)=C(/C=N)c1ccc2c(C(=O)C3COc4ccc(F)cc4C3)cn(CCN(C)C)c2c1. The van der Waals surface area contributed by atoms with Crippen LogP contribution in [0.4, 0.5) is 4.39 Å². The van der Waals surface area contributed by atoms with Gasteiger partial charge in [-0.1, -0.05) is 12.1 Å². The van der Waals surface area contributed by atoms with E-state index in [1.807, 2.05) is 43.1 Å². The van der Waals surface area contributed by atoms with E-state index in [1.54, 1.807) is 6.07 Å². The summed E-state index contributed by atoms with van der Waals surface area (Å²) in [5.41, 5.74) is 9.32. The topological polar surface area (TPSA) is 93.6 Å². The van der Waals surface area contributed by atoms with Crippen molar-refractivity contribution in [3.8, 4) is 5.75 Å². The van der Waals surface area contributed by atoms with Gasteiger partial charge in [-0.15, -0.1) is 0 Å². The summed E-state index contributed by atoms with van der Waals surface area (Å²) in [7, 11) is 5.45. The van der Waals surface area contributed by atoms with Crippen molar-refractivity contribution < 1.29 is 18.7 Å². The molecule has 3 N–H and O–H groups in total. The summed E-state index contributed by atoms with van der Waals surface area (Å²) in [5, 5.41) is 8.58. The lowest BCUT2D eigenvalue weighted by Crippen LogP contribution is -2.28. The van der Waals surface area contributed by atoms with Gasteiger partial charge in [-0.3, -0.25) is 4.79 Å². The molecule has 1 aliphatic heterocycles. The van der Waals surface area contributed by atoms with Crippen LogP contribution in [0.1, 0.15) is 21.5 Å². The second-order valence-corrected chi connectivity index (χ2v) is 8.73. The molecule has 0 amide bonds. The van der Waals surface area contributed by atoms with Gasteiger partial charge >= 0.3 is 0 Å². The normalized spacial score (nSPS) is 16.1. The number of nitrogens with zero attached hydrogens (tertiary/aromatic N) is 2. The minimum absolute atomic E-state index is 0.0320. The maximum absolute atomic E-state index is 13.7. The van der Waals surface area contributed by atoms with E-state index < -0.39 is 5.92 Å². The number of ketones is 1. The smallest absolute Gasteiger partial charge is 0.193 e. The molecule has 0 fully saturated rings. The van der Waals surface area contributed by atoms with Crippen LogP contribution in [0.15, 0.2) is 48.5 Å².